The Balaban J connectivity index is 2.62. The molecule has 1 aromatic carbocycles. The van der Waals surface area contributed by atoms with Crippen molar-refractivity contribution in [2.75, 3.05) is 0 Å². The smallest absolute Gasteiger partial charge is 0.405 e. The molecular formula is C12H16N4O5. The van der Waals surface area contributed by atoms with E-state index in [0.29, 0.717) is 6.42 Å². The molecule has 0 heterocycles. The lowest BCUT2D eigenvalue weighted by atomic mass is 9.99. The van der Waals surface area contributed by atoms with Crippen molar-refractivity contribution in [3.05, 3.63) is 39.9 Å². The summed E-state index contributed by atoms with van der Waals surface area (Å²) < 4.78 is 0. The van der Waals surface area contributed by atoms with Gasteiger partial charge in [0.05, 0.1) is 4.92 Å². The van der Waals surface area contributed by atoms with Crippen LogP contribution in [0.25, 0.3) is 0 Å². The van der Waals surface area contributed by atoms with Gasteiger partial charge in [0.2, 0.25) is 5.91 Å². The van der Waals surface area contributed by atoms with E-state index in [-0.39, 0.29) is 12.1 Å². The molecule has 0 aromatic heterocycles. The van der Waals surface area contributed by atoms with E-state index in [1.807, 2.05) is 5.32 Å². The molecule has 2 atom stereocenters. The molecular weight excluding hydrogens is 280 g/mol. The second-order valence-corrected chi connectivity index (χ2v) is 4.53. The Labute approximate surface area is 120 Å². The lowest BCUT2D eigenvalue weighted by Gasteiger charge is -2.18. The third kappa shape index (κ3) is 5.45. The summed E-state index contributed by atoms with van der Waals surface area (Å²) in [6.07, 6.45) is -0.983. The molecule has 9 nitrogen and oxygen atoms in total. The highest BCUT2D eigenvalue weighted by Crippen LogP contribution is 2.14. The van der Waals surface area contributed by atoms with Gasteiger partial charge in [0.25, 0.3) is 5.69 Å². The van der Waals surface area contributed by atoms with Crippen molar-refractivity contribution in [2.24, 2.45) is 11.5 Å². The van der Waals surface area contributed by atoms with Crippen LogP contribution in [-0.4, -0.2) is 34.1 Å². The fourth-order valence-electron chi connectivity index (χ4n) is 1.84. The van der Waals surface area contributed by atoms with E-state index in [1.165, 1.54) is 12.1 Å². The van der Waals surface area contributed by atoms with Crippen LogP contribution >= 0.6 is 0 Å². The SMILES string of the molecule is NC(=O)C(C[C@H](N)Cc1ccc([N+](=O)[O-])cc1)NC(=O)O. The van der Waals surface area contributed by atoms with Gasteiger partial charge in [-0.3, -0.25) is 14.9 Å². The number of nitro groups is 1. The predicted octanol–water partition coefficient (Wildman–Crippen LogP) is -0.0238. The number of carboxylic acid groups (broad SMARTS) is 1. The zero-order valence-electron chi connectivity index (χ0n) is 11.1. The lowest BCUT2D eigenvalue weighted by molar-refractivity contribution is -0.384. The number of nitrogens with two attached hydrogens (primary N) is 2. The molecule has 0 saturated heterocycles. The van der Waals surface area contributed by atoms with E-state index >= 15 is 0 Å². The summed E-state index contributed by atoms with van der Waals surface area (Å²) in [6.45, 7) is 0. The van der Waals surface area contributed by atoms with Crippen LogP contribution in [0.1, 0.15) is 12.0 Å². The predicted molar refractivity (Wildman–Crippen MR) is 73.5 cm³/mol. The van der Waals surface area contributed by atoms with Crippen molar-refractivity contribution in [2.45, 2.75) is 24.9 Å². The summed E-state index contributed by atoms with van der Waals surface area (Å²) in [5.74, 6) is -0.809. The molecule has 0 radical (unpaired) electrons. The number of nitrogens with zero attached hydrogens (tertiary/aromatic N) is 1. The van der Waals surface area contributed by atoms with Gasteiger partial charge in [-0.1, -0.05) is 12.1 Å². The van der Waals surface area contributed by atoms with E-state index < -0.39 is 29.0 Å². The number of carbonyl (C=O) groups excluding carboxylic acids is 1. The monoisotopic (exact) mass is 296 g/mol. The zero-order chi connectivity index (χ0) is 16.0. The van der Waals surface area contributed by atoms with Gasteiger partial charge in [0, 0.05) is 18.2 Å². The summed E-state index contributed by atoms with van der Waals surface area (Å²) >= 11 is 0. The van der Waals surface area contributed by atoms with Gasteiger partial charge in [0.15, 0.2) is 0 Å². The minimum atomic E-state index is -1.36. The quantitative estimate of drug-likeness (QED) is 0.408. The Kier molecular flexibility index (Phi) is 5.61. The molecule has 1 rings (SSSR count). The van der Waals surface area contributed by atoms with Gasteiger partial charge in [-0.15, -0.1) is 0 Å². The summed E-state index contributed by atoms with van der Waals surface area (Å²) in [6, 6.07) is 4.22. The molecule has 0 aliphatic heterocycles. The first kappa shape index (κ1) is 16.4. The first-order valence-electron chi connectivity index (χ1n) is 6.07. The first-order valence-corrected chi connectivity index (χ1v) is 6.07. The number of benzene rings is 1. The van der Waals surface area contributed by atoms with Gasteiger partial charge in [-0.05, 0) is 18.4 Å². The molecule has 0 aliphatic rings. The number of rotatable bonds is 7. The number of hydrogen-bond acceptors (Lipinski definition) is 5. The molecule has 2 amide bonds. The van der Waals surface area contributed by atoms with Gasteiger partial charge in [0.1, 0.15) is 6.04 Å². The molecule has 21 heavy (non-hydrogen) atoms. The average molecular weight is 296 g/mol. The lowest BCUT2D eigenvalue weighted by Crippen LogP contribution is -2.47. The molecule has 1 aromatic rings. The van der Waals surface area contributed by atoms with Crippen LogP contribution in [0.3, 0.4) is 0 Å². The van der Waals surface area contributed by atoms with Crippen LogP contribution in [0.4, 0.5) is 10.5 Å². The van der Waals surface area contributed by atoms with Crippen molar-refractivity contribution in [1.29, 1.82) is 0 Å². The summed E-state index contributed by atoms with van der Waals surface area (Å²) in [7, 11) is 0. The van der Waals surface area contributed by atoms with Crippen molar-refractivity contribution in [3.63, 3.8) is 0 Å². The maximum atomic E-state index is 11.1. The number of primary amides is 1. The molecule has 0 spiro atoms. The molecule has 0 fully saturated rings. The average Bonchev–Trinajstić information content (AvgIpc) is 2.37. The van der Waals surface area contributed by atoms with Crippen LogP contribution < -0.4 is 16.8 Å². The summed E-state index contributed by atoms with van der Waals surface area (Å²) in [4.78, 5) is 31.7. The Bertz CT molecular complexity index is 531. The molecule has 0 bridgehead atoms. The minimum Gasteiger partial charge on any atom is -0.465 e. The minimum absolute atomic E-state index is 0.0325. The second-order valence-electron chi connectivity index (χ2n) is 4.53. The highest BCUT2D eigenvalue weighted by molar-refractivity contribution is 5.83. The van der Waals surface area contributed by atoms with E-state index in [0.717, 1.165) is 5.56 Å². The maximum Gasteiger partial charge on any atom is 0.405 e. The van der Waals surface area contributed by atoms with Crippen LogP contribution in [0.15, 0.2) is 24.3 Å². The Morgan fingerprint density at radius 1 is 1.33 bits per heavy atom. The van der Waals surface area contributed by atoms with Gasteiger partial charge < -0.3 is 21.9 Å². The summed E-state index contributed by atoms with van der Waals surface area (Å²) in [5, 5.41) is 21.1. The number of carbonyl (C=O) groups is 2. The van der Waals surface area contributed by atoms with Crippen LogP contribution in [0.2, 0.25) is 0 Å². The van der Waals surface area contributed by atoms with Gasteiger partial charge in [-0.25, -0.2) is 4.79 Å². The molecule has 6 N–H and O–H groups in total. The van der Waals surface area contributed by atoms with Crippen molar-refractivity contribution < 1.29 is 19.6 Å². The van der Waals surface area contributed by atoms with E-state index in [1.54, 1.807) is 12.1 Å². The van der Waals surface area contributed by atoms with Crippen molar-refractivity contribution in [3.8, 4) is 0 Å². The van der Waals surface area contributed by atoms with Crippen LogP contribution in [0.5, 0.6) is 0 Å². The largest absolute Gasteiger partial charge is 0.465 e. The Morgan fingerprint density at radius 3 is 2.33 bits per heavy atom. The Morgan fingerprint density at radius 2 is 1.90 bits per heavy atom. The van der Waals surface area contributed by atoms with E-state index in [4.69, 9.17) is 16.6 Å². The standard InChI is InChI=1S/C12H16N4O5/c13-8(6-10(11(14)17)15-12(18)19)5-7-1-3-9(4-2-7)16(20)21/h1-4,8,10,15H,5-6,13H2,(H2,14,17)(H,18,19)/t8-,10?/m1/s1. The molecule has 114 valence electrons. The highest BCUT2D eigenvalue weighted by Gasteiger charge is 2.21. The highest BCUT2D eigenvalue weighted by atomic mass is 16.6. The Hall–Kier alpha value is -2.68. The number of nitro benzene ring substituents is 1. The third-order valence-corrected chi connectivity index (χ3v) is 2.82. The van der Waals surface area contributed by atoms with Gasteiger partial charge >= 0.3 is 6.09 Å². The fourth-order valence-corrected chi connectivity index (χ4v) is 1.84. The second kappa shape index (κ2) is 7.20. The number of nitrogens with one attached hydrogen (secondary N) is 1. The van der Waals surface area contributed by atoms with Gasteiger partial charge in [-0.2, -0.15) is 0 Å². The number of amides is 2. The molecule has 0 saturated carbocycles. The topological polar surface area (TPSA) is 162 Å². The summed E-state index contributed by atoms with van der Waals surface area (Å²) in [5.41, 5.74) is 11.6. The normalized spacial score (nSPS) is 13.2. The number of non-ortho nitro benzene ring substituents is 1. The van der Waals surface area contributed by atoms with Crippen LogP contribution in [0, 0.1) is 10.1 Å². The third-order valence-electron chi connectivity index (χ3n) is 2.82. The van der Waals surface area contributed by atoms with Crippen LogP contribution in [-0.2, 0) is 11.2 Å². The number of hydrogen-bond donors (Lipinski definition) is 4. The first-order chi connectivity index (χ1) is 9.79. The zero-order valence-corrected chi connectivity index (χ0v) is 11.1. The maximum absolute atomic E-state index is 11.1. The van der Waals surface area contributed by atoms with Crippen molar-refractivity contribution >= 4 is 17.7 Å². The van der Waals surface area contributed by atoms with E-state index in [9.17, 15) is 19.7 Å². The fraction of sp³-hybridized carbons (Fsp3) is 0.333. The van der Waals surface area contributed by atoms with Crippen molar-refractivity contribution in [1.82, 2.24) is 5.32 Å². The molecule has 1 unspecified atom stereocenters. The molecule has 0 aliphatic carbocycles. The molecule has 9 heteroatoms. The van der Waals surface area contributed by atoms with E-state index in [2.05, 4.69) is 0 Å².